The first-order valence-electron chi connectivity index (χ1n) is 6.75. The molecule has 0 bridgehead atoms. The first-order chi connectivity index (χ1) is 9.13. The normalized spacial score (nSPS) is 16.2. The Balaban J connectivity index is 0.00000200. The van der Waals surface area contributed by atoms with Crippen LogP contribution in [0.25, 0.3) is 0 Å². The third-order valence-electron chi connectivity index (χ3n) is 3.79. The van der Waals surface area contributed by atoms with Crippen LogP contribution in [0.4, 0.5) is 0 Å². The number of benzene rings is 1. The number of rotatable bonds is 3. The van der Waals surface area contributed by atoms with Gasteiger partial charge in [0.15, 0.2) is 0 Å². The Kier molecular flexibility index (Phi) is 8.68. The summed E-state index contributed by atoms with van der Waals surface area (Å²) in [6, 6.07) is 6.01. The van der Waals surface area contributed by atoms with Crippen molar-refractivity contribution in [1.82, 2.24) is 10.2 Å². The summed E-state index contributed by atoms with van der Waals surface area (Å²) in [7, 11) is 0. The number of nitrogens with one attached hydrogen (secondary N) is 1. The molecule has 0 amide bonds. The van der Waals surface area contributed by atoms with E-state index in [1.54, 1.807) is 12.1 Å². The molecule has 0 aliphatic carbocycles. The van der Waals surface area contributed by atoms with Crippen LogP contribution in [0.5, 0.6) is 5.75 Å². The van der Waals surface area contributed by atoms with Crippen LogP contribution in [0.1, 0.15) is 29.2 Å². The number of aromatic hydroxyl groups is 1. The molecule has 0 spiro atoms. The number of halogens is 2. The van der Waals surface area contributed by atoms with E-state index in [2.05, 4.69) is 16.3 Å². The highest BCUT2D eigenvalue weighted by Crippen LogP contribution is 2.32. The average Bonchev–Trinajstić information content (AvgIpc) is 2.37. The molecule has 1 aromatic rings. The molecule has 0 radical (unpaired) electrons. The Morgan fingerprint density at radius 1 is 1.24 bits per heavy atom. The topological polar surface area (TPSA) is 59.3 Å². The summed E-state index contributed by atoms with van der Waals surface area (Å²) in [5.74, 6) is 0.301. The first kappa shape index (κ1) is 20.0. The number of aryl methyl sites for hydroxylation is 2. The van der Waals surface area contributed by atoms with Gasteiger partial charge in [-0.05, 0) is 42.7 Å². The average molecular weight is 332 g/mol. The van der Waals surface area contributed by atoms with Crippen LogP contribution in [0, 0.1) is 25.2 Å². The lowest BCUT2D eigenvalue weighted by atomic mass is 9.92. The third kappa shape index (κ3) is 4.76. The second-order valence-corrected chi connectivity index (χ2v) is 5.16. The van der Waals surface area contributed by atoms with Crippen LogP contribution in [-0.4, -0.2) is 36.2 Å². The molecule has 1 fully saturated rings. The summed E-state index contributed by atoms with van der Waals surface area (Å²) in [5.41, 5.74) is 3.33. The van der Waals surface area contributed by atoms with E-state index in [9.17, 15) is 5.11 Å². The van der Waals surface area contributed by atoms with Gasteiger partial charge in [0.25, 0.3) is 0 Å². The van der Waals surface area contributed by atoms with Crippen LogP contribution in [0.3, 0.4) is 0 Å². The van der Waals surface area contributed by atoms with E-state index in [0.717, 1.165) is 37.3 Å². The fourth-order valence-electron chi connectivity index (χ4n) is 2.97. The standard InChI is InChI=1S/C15H21N3O.2ClH/c1-11-9-13(19)10-12(2)15(11)14(3-4-16)18-7-5-17-6-8-18;;/h9-10,14,17,19H,3,5-8H2,1-2H3;2*1H/t14-;;/m0../s1. The van der Waals surface area contributed by atoms with Crippen LogP contribution >= 0.6 is 24.8 Å². The van der Waals surface area contributed by atoms with E-state index in [0.29, 0.717) is 12.2 Å². The highest BCUT2D eigenvalue weighted by molar-refractivity contribution is 5.85. The summed E-state index contributed by atoms with van der Waals surface area (Å²) in [4.78, 5) is 2.37. The van der Waals surface area contributed by atoms with Crippen molar-refractivity contribution in [3.8, 4) is 11.8 Å². The predicted molar refractivity (Wildman–Crippen MR) is 89.5 cm³/mol. The van der Waals surface area contributed by atoms with Gasteiger partial charge in [-0.15, -0.1) is 24.8 Å². The van der Waals surface area contributed by atoms with Gasteiger partial charge < -0.3 is 10.4 Å². The van der Waals surface area contributed by atoms with E-state index in [1.165, 1.54) is 5.56 Å². The number of nitriles is 1. The van der Waals surface area contributed by atoms with Crippen molar-refractivity contribution in [2.24, 2.45) is 0 Å². The molecule has 0 saturated carbocycles. The lowest BCUT2D eigenvalue weighted by Crippen LogP contribution is -2.45. The zero-order chi connectivity index (χ0) is 13.8. The van der Waals surface area contributed by atoms with Gasteiger partial charge in [-0.25, -0.2) is 0 Å². The minimum atomic E-state index is 0. The zero-order valence-corrected chi connectivity index (χ0v) is 14.1. The Bertz CT molecular complexity index is 473. The Labute approximate surface area is 139 Å². The van der Waals surface area contributed by atoms with Crippen molar-refractivity contribution in [3.05, 3.63) is 28.8 Å². The Morgan fingerprint density at radius 2 is 1.76 bits per heavy atom. The minimum Gasteiger partial charge on any atom is -0.508 e. The maximum atomic E-state index is 9.65. The van der Waals surface area contributed by atoms with Crippen LogP contribution in [0.15, 0.2) is 12.1 Å². The summed E-state index contributed by atoms with van der Waals surface area (Å²) in [6.07, 6.45) is 0.493. The second kappa shape index (κ2) is 9.11. The Hall–Kier alpha value is -0.990. The molecule has 0 unspecified atom stereocenters. The van der Waals surface area contributed by atoms with E-state index in [-0.39, 0.29) is 30.9 Å². The van der Waals surface area contributed by atoms with Crippen molar-refractivity contribution in [1.29, 1.82) is 5.26 Å². The van der Waals surface area contributed by atoms with Crippen molar-refractivity contribution < 1.29 is 5.11 Å². The van der Waals surface area contributed by atoms with E-state index < -0.39 is 0 Å². The second-order valence-electron chi connectivity index (χ2n) is 5.16. The first-order valence-corrected chi connectivity index (χ1v) is 6.75. The maximum Gasteiger partial charge on any atom is 0.116 e. The molecule has 118 valence electrons. The monoisotopic (exact) mass is 331 g/mol. The molecule has 1 heterocycles. The molecule has 6 heteroatoms. The highest BCUT2D eigenvalue weighted by atomic mass is 35.5. The highest BCUT2D eigenvalue weighted by Gasteiger charge is 2.24. The van der Waals surface area contributed by atoms with Crippen molar-refractivity contribution in [2.75, 3.05) is 26.2 Å². The number of phenolic OH excluding ortho intramolecular Hbond substituents is 1. The smallest absolute Gasteiger partial charge is 0.116 e. The van der Waals surface area contributed by atoms with Crippen LogP contribution < -0.4 is 5.32 Å². The summed E-state index contributed by atoms with van der Waals surface area (Å²) in [5, 5.41) is 22.1. The van der Waals surface area contributed by atoms with E-state index >= 15 is 0 Å². The Morgan fingerprint density at radius 3 is 2.24 bits per heavy atom. The number of piperazine rings is 1. The molecular formula is C15H23Cl2N3O. The fraction of sp³-hybridized carbons (Fsp3) is 0.533. The molecule has 2 rings (SSSR count). The molecule has 1 aromatic carbocycles. The van der Waals surface area contributed by atoms with Crippen LogP contribution in [-0.2, 0) is 0 Å². The van der Waals surface area contributed by atoms with Gasteiger partial charge in [-0.2, -0.15) is 5.26 Å². The number of hydrogen-bond acceptors (Lipinski definition) is 4. The predicted octanol–water partition coefficient (Wildman–Crippen LogP) is 2.71. The maximum absolute atomic E-state index is 9.65. The fourth-order valence-corrected chi connectivity index (χ4v) is 2.97. The molecular weight excluding hydrogens is 309 g/mol. The molecule has 21 heavy (non-hydrogen) atoms. The zero-order valence-electron chi connectivity index (χ0n) is 12.4. The van der Waals surface area contributed by atoms with Gasteiger partial charge >= 0.3 is 0 Å². The molecule has 1 aliphatic rings. The number of nitrogens with zero attached hydrogens (tertiary/aromatic N) is 2. The lowest BCUT2D eigenvalue weighted by Gasteiger charge is -2.35. The van der Waals surface area contributed by atoms with E-state index in [1.807, 2.05) is 13.8 Å². The molecule has 2 N–H and O–H groups in total. The molecule has 1 atom stereocenters. The molecule has 4 nitrogen and oxygen atoms in total. The van der Waals surface area contributed by atoms with Gasteiger partial charge in [0.1, 0.15) is 5.75 Å². The summed E-state index contributed by atoms with van der Waals surface area (Å²) in [6.45, 7) is 7.89. The molecule has 0 aromatic heterocycles. The summed E-state index contributed by atoms with van der Waals surface area (Å²) < 4.78 is 0. The van der Waals surface area contributed by atoms with Gasteiger partial charge in [-0.3, -0.25) is 4.90 Å². The van der Waals surface area contributed by atoms with Gasteiger partial charge in [0.05, 0.1) is 12.5 Å². The SMILES string of the molecule is Cc1cc(O)cc(C)c1[C@H](CC#N)N1CCNCC1.Cl.Cl. The van der Waals surface area contributed by atoms with Gasteiger partial charge in [0, 0.05) is 32.2 Å². The lowest BCUT2D eigenvalue weighted by molar-refractivity contribution is 0.174. The largest absolute Gasteiger partial charge is 0.508 e. The van der Waals surface area contributed by atoms with Crippen LogP contribution in [0.2, 0.25) is 0 Å². The number of hydrogen-bond donors (Lipinski definition) is 2. The van der Waals surface area contributed by atoms with Gasteiger partial charge in [0.2, 0.25) is 0 Å². The van der Waals surface area contributed by atoms with Crippen molar-refractivity contribution in [2.45, 2.75) is 26.3 Å². The number of phenols is 1. The quantitative estimate of drug-likeness (QED) is 0.894. The third-order valence-corrected chi connectivity index (χ3v) is 3.79. The summed E-state index contributed by atoms with van der Waals surface area (Å²) >= 11 is 0. The molecule has 1 saturated heterocycles. The van der Waals surface area contributed by atoms with E-state index in [4.69, 9.17) is 5.26 Å². The molecule has 1 aliphatic heterocycles. The van der Waals surface area contributed by atoms with Crippen molar-refractivity contribution in [3.63, 3.8) is 0 Å². The van der Waals surface area contributed by atoms with Crippen molar-refractivity contribution >= 4 is 24.8 Å². The van der Waals surface area contributed by atoms with Gasteiger partial charge in [-0.1, -0.05) is 0 Å². The minimum absolute atomic E-state index is 0.